The fourth-order valence-corrected chi connectivity index (χ4v) is 3.80. The van der Waals surface area contributed by atoms with Crippen LogP contribution in [-0.2, 0) is 14.3 Å². The van der Waals surface area contributed by atoms with Crippen LogP contribution < -0.4 is 16.0 Å². The summed E-state index contributed by atoms with van der Waals surface area (Å²) in [6, 6.07) is 0. The van der Waals surface area contributed by atoms with Crippen LogP contribution in [0.15, 0.2) is 4.99 Å². The predicted molar refractivity (Wildman–Crippen MR) is 128 cm³/mol. The molecule has 1 saturated heterocycles. The van der Waals surface area contributed by atoms with Gasteiger partial charge in [0.2, 0.25) is 5.91 Å². The second kappa shape index (κ2) is 17.1. The predicted octanol–water partition coefficient (Wildman–Crippen LogP) is 2.83. The maximum absolute atomic E-state index is 12.0. The first-order chi connectivity index (χ1) is 13.8. The summed E-state index contributed by atoms with van der Waals surface area (Å²) in [5.74, 6) is 1.56. The lowest BCUT2D eigenvalue weighted by molar-refractivity contribution is -0.122. The summed E-state index contributed by atoms with van der Waals surface area (Å²) in [4.78, 5) is 16.6. The van der Waals surface area contributed by atoms with Crippen LogP contribution in [0.2, 0.25) is 0 Å². The number of nitrogens with zero attached hydrogens (tertiary/aromatic N) is 1. The van der Waals surface area contributed by atoms with Crippen LogP contribution in [0.3, 0.4) is 0 Å². The van der Waals surface area contributed by atoms with Crippen molar-refractivity contribution in [3.8, 4) is 0 Å². The molecule has 0 aromatic heterocycles. The summed E-state index contributed by atoms with van der Waals surface area (Å²) in [5, 5.41) is 9.54. The van der Waals surface area contributed by atoms with Crippen molar-refractivity contribution in [1.82, 2.24) is 16.0 Å². The average molecular weight is 524 g/mol. The lowest BCUT2D eigenvalue weighted by Crippen LogP contribution is -2.41. The summed E-state index contributed by atoms with van der Waals surface area (Å²) in [5.41, 5.74) is 0. The highest BCUT2D eigenvalue weighted by atomic mass is 127. The Morgan fingerprint density at radius 3 is 2.59 bits per heavy atom. The Balaban J connectivity index is 0.00000420. The topological polar surface area (TPSA) is 84.0 Å². The molecular formula is C21H41IN4O3. The fourth-order valence-electron chi connectivity index (χ4n) is 3.80. The van der Waals surface area contributed by atoms with E-state index in [1.165, 1.54) is 32.1 Å². The third kappa shape index (κ3) is 12.6. The molecule has 29 heavy (non-hydrogen) atoms. The van der Waals surface area contributed by atoms with Gasteiger partial charge in [0.05, 0.1) is 12.7 Å². The van der Waals surface area contributed by atoms with Crippen molar-refractivity contribution in [2.75, 3.05) is 46.0 Å². The number of carbonyl (C=O) groups excluding carboxylic acids is 1. The molecule has 0 aromatic carbocycles. The molecule has 1 amide bonds. The molecule has 2 aliphatic rings. The maximum atomic E-state index is 12.0. The minimum absolute atomic E-state index is 0. The number of nitrogens with one attached hydrogen (secondary N) is 3. The van der Waals surface area contributed by atoms with Gasteiger partial charge in [-0.3, -0.25) is 9.79 Å². The van der Waals surface area contributed by atoms with Gasteiger partial charge < -0.3 is 25.4 Å². The molecule has 0 bridgehead atoms. The molecule has 0 aromatic rings. The van der Waals surface area contributed by atoms with Gasteiger partial charge in [-0.25, -0.2) is 0 Å². The number of ether oxygens (including phenoxy) is 2. The maximum Gasteiger partial charge on any atom is 0.220 e. The molecule has 3 N–H and O–H groups in total. The van der Waals surface area contributed by atoms with E-state index >= 15 is 0 Å². The molecule has 1 aliphatic carbocycles. The van der Waals surface area contributed by atoms with Crippen LogP contribution in [0.5, 0.6) is 0 Å². The van der Waals surface area contributed by atoms with Crippen LogP contribution in [0.25, 0.3) is 0 Å². The molecule has 0 radical (unpaired) electrons. The second-order valence-corrected chi connectivity index (χ2v) is 7.81. The Labute approximate surface area is 193 Å². The Morgan fingerprint density at radius 2 is 1.86 bits per heavy atom. The Hall–Kier alpha value is -0.610. The van der Waals surface area contributed by atoms with E-state index in [9.17, 15) is 4.79 Å². The molecule has 1 unspecified atom stereocenters. The SMILES string of the molecule is CCNC(=NCCCOCC1CCCO1)NCCNC(=O)CC1CCCCC1.I. The molecule has 8 heteroatoms. The number of rotatable bonds is 12. The van der Waals surface area contributed by atoms with Gasteiger partial charge >= 0.3 is 0 Å². The zero-order valence-corrected chi connectivity index (χ0v) is 20.4. The number of amides is 1. The summed E-state index contributed by atoms with van der Waals surface area (Å²) < 4.78 is 11.2. The van der Waals surface area contributed by atoms with E-state index < -0.39 is 0 Å². The van der Waals surface area contributed by atoms with Crippen molar-refractivity contribution in [1.29, 1.82) is 0 Å². The van der Waals surface area contributed by atoms with Crippen LogP contribution in [0.1, 0.15) is 64.7 Å². The molecule has 1 saturated carbocycles. The van der Waals surface area contributed by atoms with Gasteiger partial charge in [-0.15, -0.1) is 24.0 Å². The monoisotopic (exact) mass is 524 g/mol. The lowest BCUT2D eigenvalue weighted by Gasteiger charge is -2.20. The summed E-state index contributed by atoms with van der Waals surface area (Å²) in [6.07, 6.45) is 10.4. The van der Waals surface area contributed by atoms with Crippen molar-refractivity contribution in [3.63, 3.8) is 0 Å². The quantitative estimate of drug-likeness (QED) is 0.158. The van der Waals surface area contributed by atoms with Gasteiger partial charge in [-0.1, -0.05) is 19.3 Å². The van der Waals surface area contributed by atoms with E-state index in [0.29, 0.717) is 38.6 Å². The number of hydrogen-bond donors (Lipinski definition) is 3. The standard InChI is InChI=1S/C21H40N4O3.HI/c1-2-22-21(24-11-7-14-27-17-19-10-6-15-28-19)25-13-12-23-20(26)16-18-8-4-3-5-9-18;/h18-19H,2-17H2,1H3,(H,23,26)(H2,22,24,25);1H. The molecular weight excluding hydrogens is 483 g/mol. The second-order valence-electron chi connectivity index (χ2n) is 7.81. The normalized spacial score (nSPS) is 20.2. The Bertz CT molecular complexity index is 453. The number of halogens is 1. The van der Waals surface area contributed by atoms with E-state index in [1.807, 2.05) is 6.92 Å². The van der Waals surface area contributed by atoms with Crippen molar-refractivity contribution in [3.05, 3.63) is 0 Å². The molecule has 7 nitrogen and oxygen atoms in total. The first kappa shape index (κ1) is 26.4. The van der Waals surface area contributed by atoms with Gasteiger partial charge in [0.1, 0.15) is 0 Å². The summed E-state index contributed by atoms with van der Waals surface area (Å²) in [6.45, 7) is 7.16. The first-order valence-corrected chi connectivity index (χ1v) is 11.3. The average Bonchev–Trinajstić information content (AvgIpc) is 3.22. The van der Waals surface area contributed by atoms with Gasteiger partial charge in [0.25, 0.3) is 0 Å². The number of aliphatic imine (C=N–C) groups is 1. The highest BCUT2D eigenvalue weighted by Crippen LogP contribution is 2.25. The molecule has 170 valence electrons. The van der Waals surface area contributed by atoms with E-state index in [-0.39, 0.29) is 36.0 Å². The number of guanidine groups is 1. The molecule has 1 aliphatic heterocycles. The van der Waals surface area contributed by atoms with Crippen LogP contribution in [0, 0.1) is 5.92 Å². The van der Waals surface area contributed by atoms with Crippen molar-refractivity contribution in [2.45, 2.75) is 70.8 Å². The summed E-state index contributed by atoms with van der Waals surface area (Å²) in [7, 11) is 0. The van der Waals surface area contributed by atoms with E-state index in [4.69, 9.17) is 9.47 Å². The highest BCUT2D eigenvalue weighted by Gasteiger charge is 2.16. The minimum Gasteiger partial charge on any atom is -0.379 e. The zero-order chi connectivity index (χ0) is 19.9. The van der Waals surface area contributed by atoms with Crippen molar-refractivity contribution >= 4 is 35.8 Å². The van der Waals surface area contributed by atoms with Gasteiger partial charge in [0, 0.05) is 45.8 Å². The smallest absolute Gasteiger partial charge is 0.220 e. The van der Waals surface area contributed by atoms with Gasteiger partial charge in [-0.2, -0.15) is 0 Å². The van der Waals surface area contributed by atoms with Crippen LogP contribution in [-0.4, -0.2) is 64.0 Å². The molecule has 0 spiro atoms. The van der Waals surface area contributed by atoms with Crippen LogP contribution >= 0.6 is 24.0 Å². The Kier molecular flexibility index (Phi) is 15.6. The molecule has 1 heterocycles. The van der Waals surface area contributed by atoms with Crippen molar-refractivity contribution < 1.29 is 14.3 Å². The first-order valence-electron chi connectivity index (χ1n) is 11.3. The molecule has 2 rings (SSSR count). The van der Waals surface area contributed by atoms with E-state index in [1.54, 1.807) is 0 Å². The van der Waals surface area contributed by atoms with E-state index in [0.717, 1.165) is 44.9 Å². The van der Waals surface area contributed by atoms with Crippen molar-refractivity contribution in [2.24, 2.45) is 10.9 Å². The van der Waals surface area contributed by atoms with Gasteiger partial charge in [0.15, 0.2) is 5.96 Å². The third-order valence-electron chi connectivity index (χ3n) is 5.33. The lowest BCUT2D eigenvalue weighted by atomic mass is 9.87. The molecule has 2 fully saturated rings. The Morgan fingerprint density at radius 1 is 1.07 bits per heavy atom. The minimum atomic E-state index is 0. The molecule has 1 atom stereocenters. The van der Waals surface area contributed by atoms with Gasteiger partial charge in [-0.05, 0) is 44.9 Å². The van der Waals surface area contributed by atoms with E-state index in [2.05, 4.69) is 20.9 Å². The highest BCUT2D eigenvalue weighted by molar-refractivity contribution is 14.0. The zero-order valence-electron chi connectivity index (χ0n) is 18.0. The largest absolute Gasteiger partial charge is 0.379 e. The third-order valence-corrected chi connectivity index (χ3v) is 5.33. The van der Waals surface area contributed by atoms with Crippen LogP contribution in [0.4, 0.5) is 0 Å². The summed E-state index contributed by atoms with van der Waals surface area (Å²) >= 11 is 0. The fraction of sp³-hybridized carbons (Fsp3) is 0.905. The number of carbonyl (C=O) groups is 1. The number of hydrogen-bond acceptors (Lipinski definition) is 4.